The number of fused-ring (bicyclic) bond motifs is 1. The van der Waals surface area contributed by atoms with Crippen LogP contribution in [0, 0.1) is 0 Å². The Bertz CT molecular complexity index is 718. The first-order valence-corrected chi connectivity index (χ1v) is 6.42. The van der Waals surface area contributed by atoms with E-state index in [1.165, 1.54) is 0 Å². The maximum absolute atomic E-state index is 5.04. The van der Waals surface area contributed by atoms with Crippen LogP contribution in [-0.4, -0.2) is 21.6 Å². The van der Waals surface area contributed by atoms with E-state index in [-0.39, 0.29) is 0 Å². The molecule has 0 unspecified atom stereocenters. The number of hydrogen-bond donors (Lipinski definition) is 1. The number of hydrogen-bond acceptors (Lipinski definition) is 4. The third kappa shape index (κ3) is 2.30. The van der Waals surface area contributed by atoms with Crippen molar-refractivity contribution < 1.29 is 4.74 Å². The van der Waals surface area contributed by atoms with E-state index in [2.05, 4.69) is 21.4 Å². The van der Waals surface area contributed by atoms with Gasteiger partial charge in [-0.25, -0.2) is 9.97 Å². The van der Waals surface area contributed by atoms with Crippen LogP contribution in [0.4, 0.5) is 5.95 Å². The molecule has 0 saturated carbocycles. The number of benzene rings is 1. The van der Waals surface area contributed by atoms with Gasteiger partial charge in [0.05, 0.1) is 18.1 Å². The van der Waals surface area contributed by atoms with E-state index in [0.717, 1.165) is 22.5 Å². The molecule has 3 rings (SSSR count). The molecule has 1 aromatic carbocycles. The third-order valence-electron chi connectivity index (χ3n) is 3.24. The molecular weight excluding hydrogens is 252 g/mol. The van der Waals surface area contributed by atoms with Crippen molar-refractivity contribution >= 4 is 17.0 Å². The molecule has 0 fully saturated rings. The number of aromatic nitrogens is 3. The molecule has 0 amide bonds. The molecule has 0 spiro atoms. The predicted molar refractivity (Wildman–Crippen MR) is 78.8 cm³/mol. The minimum atomic E-state index is 0.622. The van der Waals surface area contributed by atoms with Crippen LogP contribution in [-0.2, 0) is 13.6 Å². The molecule has 0 saturated heterocycles. The molecule has 5 heteroatoms. The average molecular weight is 268 g/mol. The number of anilines is 1. The number of para-hydroxylation sites is 2. The highest BCUT2D eigenvalue weighted by Gasteiger charge is 2.06. The molecule has 2 aromatic heterocycles. The van der Waals surface area contributed by atoms with E-state index in [4.69, 9.17) is 4.74 Å². The number of rotatable bonds is 4. The summed E-state index contributed by atoms with van der Waals surface area (Å²) in [5, 5.41) is 3.33. The minimum Gasteiger partial charge on any atom is -0.481 e. The van der Waals surface area contributed by atoms with E-state index < -0.39 is 0 Å². The molecule has 20 heavy (non-hydrogen) atoms. The van der Waals surface area contributed by atoms with Gasteiger partial charge in [-0.3, -0.25) is 0 Å². The Kier molecular flexibility index (Phi) is 3.25. The first kappa shape index (κ1) is 12.5. The lowest BCUT2D eigenvalue weighted by atomic mass is 10.3. The van der Waals surface area contributed by atoms with Crippen LogP contribution in [0.5, 0.6) is 5.88 Å². The van der Waals surface area contributed by atoms with E-state index in [0.29, 0.717) is 12.4 Å². The molecular formula is C15H16N4O. The fourth-order valence-corrected chi connectivity index (χ4v) is 2.12. The summed E-state index contributed by atoms with van der Waals surface area (Å²) < 4.78 is 7.09. The fourth-order valence-electron chi connectivity index (χ4n) is 2.12. The highest BCUT2D eigenvalue weighted by atomic mass is 16.5. The van der Waals surface area contributed by atoms with Gasteiger partial charge >= 0.3 is 0 Å². The molecule has 2 heterocycles. The number of imidazole rings is 1. The SMILES string of the molecule is COc1ccc(CNc2nc3ccccc3n2C)cn1. The Morgan fingerprint density at radius 2 is 2.05 bits per heavy atom. The van der Waals surface area contributed by atoms with Crippen LogP contribution in [0.2, 0.25) is 0 Å². The lowest BCUT2D eigenvalue weighted by Gasteiger charge is -2.06. The Labute approximate surface area is 117 Å². The van der Waals surface area contributed by atoms with Gasteiger partial charge < -0.3 is 14.6 Å². The van der Waals surface area contributed by atoms with E-state index >= 15 is 0 Å². The van der Waals surface area contributed by atoms with Crippen LogP contribution in [0.25, 0.3) is 11.0 Å². The Morgan fingerprint density at radius 3 is 2.75 bits per heavy atom. The van der Waals surface area contributed by atoms with Crippen LogP contribution in [0.3, 0.4) is 0 Å². The summed E-state index contributed by atoms with van der Waals surface area (Å²) in [5.74, 6) is 1.47. The largest absolute Gasteiger partial charge is 0.481 e. The molecule has 0 aliphatic rings. The Balaban J connectivity index is 1.77. The van der Waals surface area contributed by atoms with Crippen molar-refractivity contribution in [2.75, 3.05) is 12.4 Å². The van der Waals surface area contributed by atoms with Crippen molar-refractivity contribution in [1.82, 2.24) is 14.5 Å². The molecule has 0 radical (unpaired) electrons. The van der Waals surface area contributed by atoms with Crippen molar-refractivity contribution in [1.29, 1.82) is 0 Å². The standard InChI is InChI=1S/C15H16N4O/c1-19-13-6-4-3-5-12(13)18-15(19)17-10-11-7-8-14(20-2)16-9-11/h3-9H,10H2,1-2H3,(H,17,18). The van der Waals surface area contributed by atoms with Crippen LogP contribution < -0.4 is 10.1 Å². The lowest BCUT2D eigenvalue weighted by Crippen LogP contribution is -2.05. The summed E-state index contributed by atoms with van der Waals surface area (Å²) in [6, 6.07) is 11.9. The quantitative estimate of drug-likeness (QED) is 0.790. The predicted octanol–water partition coefficient (Wildman–Crippen LogP) is 2.59. The van der Waals surface area contributed by atoms with Gasteiger partial charge in [0.15, 0.2) is 0 Å². The van der Waals surface area contributed by atoms with E-state index in [1.54, 1.807) is 13.3 Å². The van der Waals surface area contributed by atoms with Gasteiger partial charge in [-0.2, -0.15) is 0 Å². The van der Waals surface area contributed by atoms with E-state index in [9.17, 15) is 0 Å². The van der Waals surface area contributed by atoms with Gasteiger partial charge in [0.25, 0.3) is 0 Å². The smallest absolute Gasteiger partial charge is 0.212 e. The van der Waals surface area contributed by atoms with Gasteiger partial charge in [0.2, 0.25) is 11.8 Å². The number of aryl methyl sites for hydroxylation is 1. The summed E-state index contributed by atoms with van der Waals surface area (Å²) in [6.45, 7) is 0.675. The average Bonchev–Trinajstić information content (AvgIpc) is 2.83. The topological polar surface area (TPSA) is 52.0 Å². The number of nitrogens with zero attached hydrogens (tertiary/aromatic N) is 3. The zero-order chi connectivity index (χ0) is 13.9. The minimum absolute atomic E-state index is 0.622. The summed E-state index contributed by atoms with van der Waals surface area (Å²) in [7, 11) is 3.61. The number of ether oxygens (including phenoxy) is 1. The van der Waals surface area contributed by atoms with Crippen molar-refractivity contribution in [2.45, 2.75) is 6.54 Å². The molecule has 0 bridgehead atoms. The van der Waals surface area contributed by atoms with Crippen molar-refractivity contribution in [2.24, 2.45) is 7.05 Å². The Morgan fingerprint density at radius 1 is 1.20 bits per heavy atom. The maximum atomic E-state index is 5.04. The van der Waals surface area contributed by atoms with Gasteiger partial charge in [-0.1, -0.05) is 18.2 Å². The second kappa shape index (κ2) is 5.21. The zero-order valence-electron chi connectivity index (χ0n) is 11.5. The molecule has 0 atom stereocenters. The first-order valence-electron chi connectivity index (χ1n) is 6.42. The van der Waals surface area contributed by atoms with Gasteiger partial charge in [-0.05, 0) is 17.7 Å². The van der Waals surface area contributed by atoms with E-state index in [1.807, 2.05) is 41.9 Å². The fraction of sp³-hybridized carbons (Fsp3) is 0.200. The third-order valence-corrected chi connectivity index (χ3v) is 3.24. The van der Waals surface area contributed by atoms with Crippen LogP contribution in [0.15, 0.2) is 42.6 Å². The molecule has 0 aliphatic heterocycles. The van der Waals surface area contributed by atoms with Crippen molar-refractivity contribution in [3.8, 4) is 5.88 Å². The van der Waals surface area contributed by atoms with Crippen LogP contribution >= 0.6 is 0 Å². The maximum Gasteiger partial charge on any atom is 0.212 e. The van der Waals surface area contributed by atoms with Gasteiger partial charge in [0, 0.05) is 25.9 Å². The summed E-state index contributed by atoms with van der Waals surface area (Å²) in [4.78, 5) is 8.75. The second-order valence-electron chi connectivity index (χ2n) is 4.55. The monoisotopic (exact) mass is 268 g/mol. The zero-order valence-corrected chi connectivity index (χ0v) is 11.5. The number of pyridine rings is 1. The lowest BCUT2D eigenvalue weighted by molar-refractivity contribution is 0.397. The number of nitrogens with one attached hydrogen (secondary N) is 1. The number of methoxy groups -OCH3 is 1. The second-order valence-corrected chi connectivity index (χ2v) is 4.55. The van der Waals surface area contributed by atoms with Gasteiger partial charge in [0.1, 0.15) is 0 Å². The first-order chi connectivity index (χ1) is 9.78. The van der Waals surface area contributed by atoms with Crippen LogP contribution in [0.1, 0.15) is 5.56 Å². The normalized spacial score (nSPS) is 10.7. The molecule has 102 valence electrons. The highest BCUT2D eigenvalue weighted by molar-refractivity contribution is 5.78. The highest BCUT2D eigenvalue weighted by Crippen LogP contribution is 2.18. The van der Waals surface area contributed by atoms with Crippen molar-refractivity contribution in [3.63, 3.8) is 0 Å². The summed E-state index contributed by atoms with van der Waals surface area (Å²) >= 11 is 0. The van der Waals surface area contributed by atoms with Gasteiger partial charge in [-0.15, -0.1) is 0 Å². The molecule has 3 aromatic rings. The molecule has 0 aliphatic carbocycles. The summed E-state index contributed by atoms with van der Waals surface area (Å²) in [5.41, 5.74) is 3.19. The van der Waals surface area contributed by atoms with Crippen molar-refractivity contribution in [3.05, 3.63) is 48.2 Å². The Hall–Kier alpha value is -2.56. The summed E-state index contributed by atoms with van der Waals surface area (Å²) in [6.07, 6.45) is 1.80. The molecule has 5 nitrogen and oxygen atoms in total. The molecule has 1 N–H and O–H groups in total.